The Hall–Kier alpha value is -1.27. The van der Waals surface area contributed by atoms with E-state index >= 15 is 0 Å². The second-order valence-electron chi connectivity index (χ2n) is 3.88. The maximum absolute atomic E-state index is 12.0. The third-order valence-electron chi connectivity index (χ3n) is 2.71. The number of nitrogens with one attached hydrogen (secondary N) is 1. The number of nitrogens with zero attached hydrogens (tertiary/aromatic N) is 1. The molecule has 1 heterocycles. The second kappa shape index (κ2) is 6.06. The minimum atomic E-state index is -0.118. The Balaban J connectivity index is 2.05. The molecule has 1 aromatic carbocycles. The van der Waals surface area contributed by atoms with Crippen LogP contribution in [-0.2, 0) is 4.74 Å². The van der Waals surface area contributed by atoms with Gasteiger partial charge in [-0.15, -0.1) is 0 Å². The fourth-order valence-corrected chi connectivity index (χ4v) is 2.03. The summed E-state index contributed by atoms with van der Waals surface area (Å²) in [5.41, 5.74) is 0.700. The number of methoxy groups -OCH3 is 1. The van der Waals surface area contributed by atoms with Gasteiger partial charge in [0.2, 0.25) is 0 Å². The van der Waals surface area contributed by atoms with Crippen molar-refractivity contribution in [1.82, 2.24) is 4.90 Å². The van der Waals surface area contributed by atoms with E-state index in [2.05, 4.69) is 21.2 Å². The van der Waals surface area contributed by atoms with E-state index < -0.39 is 0 Å². The largest absolute Gasteiger partial charge is 0.497 e. The zero-order valence-corrected chi connectivity index (χ0v) is 11.7. The summed E-state index contributed by atoms with van der Waals surface area (Å²) in [7, 11) is 1.59. The maximum atomic E-state index is 12.0. The Kier molecular flexibility index (Phi) is 4.43. The van der Waals surface area contributed by atoms with E-state index in [4.69, 9.17) is 9.47 Å². The Morgan fingerprint density at radius 2 is 2.17 bits per heavy atom. The van der Waals surface area contributed by atoms with E-state index in [1.807, 2.05) is 12.1 Å². The lowest BCUT2D eigenvalue weighted by atomic mass is 10.3. The van der Waals surface area contributed by atoms with Crippen molar-refractivity contribution in [3.05, 3.63) is 22.7 Å². The van der Waals surface area contributed by atoms with Gasteiger partial charge in [-0.3, -0.25) is 0 Å². The van der Waals surface area contributed by atoms with E-state index in [-0.39, 0.29) is 6.03 Å². The Labute approximate surface area is 114 Å². The van der Waals surface area contributed by atoms with Gasteiger partial charge >= 0.3 is 6.03 Å². The SMILES string of the molecule is COc1ccc(Br)c(NC(=O)N2CCOCC2)c1. The normalized spacial score (nSPS) is 15.3. The van der Waals surface area contributed by atoms with Crippen molar-refractivity contribution in [1.29, 1.82) is 0 Å². The lowest BCUT2D eigenvalue weighted by molar-refractivity contribution is 0.0564. The van der Waals surface area contributed by atoms with Crippen LogP contribution in [-0.4, -0.2) is 44.3 Å². The van der Waals surface area contributed by atoms with E-state index in [1.165, 1.54) is 0 Å². The molecule has 1 aliphatic rings. The van der Waals surface area contributed by atoms with Crippen molar-refractivity contribution in [3.63, 3.8) is 0 Å². The van der Waals surface area contributed by atoms with Crippen LogP contribution in [0.25, 0.3) is 0 Å². The fourth-order valence-electron chi connectivity index (χ4n) is 1.69. The number of amides is 2. The average Bonchev–Trinajstić information content (AvgIpc) is 2.42. The quantitative estimate of drug-likeness (QED) is 0.911. The molecule has 0 saturated carbocycles. The number of carbonyl (C=O) groups is 1. The molecule has 0 radical (unpaired) electrons. The first-order valence-corrected chi connectivity index (χ1v) is 6.47. The summed E-state index contributed by atoms with van der Waals surface area (Å²) in [6.07, 6.45) is 0. The van der Waals surface area contributed by atoms with Gasteiger partial charge in [0.25, 0.3) is 0 Å². The average molecular weight is 315 g/mol. The molecule has 1 aliphatic heterocycles. The fraction of sp³-hybridized carbons (Fsp3) is 0.417. The topological polar surface area (TPSA) is 50.8 Å². The molecule has 98 valence electrons. The predicted molar refractivity (Wildman–Crippen MR) is 72.1 cm³/mol. The van der Waals surface area contributed by atoms with Crippen LogP contribution in [0, 0.1) is 0 Å². The Bertz CT molecular complexity index is 433. The van der Waals surface area contributed by atoms with E-state index in [0.29, 0.717) is 37.7 Å². The van der Waals surface area contributed by atoms with Crippen LogP contribution in [0.2, 0.25) is 0 Å². The highest BCUT2D eigenvalue weighted by molar-refractivity contribution is 9.10. The van der Waals surface area contributed by atoms with E-state index in [1.54, 1.807) is 18.1 Å². The summed E-state index contributed by atoms with van der Waals surface area (Å²) < 4.78 is 11.2. The first-order valence-electron chi connectivity index (χ1n) is 5.68. The highest BCUT2D eigenvalue weighted by atomic mass is 79.9. The summed E-state index contributed by atoms with van der Waals surface area (Å²) in [5, 5.41) is 2.86. The molecule has 0 aromatic heterocycles. The minimum absolute atomic E-state index is 0.118. The number of hydrogen-bond acceptors (Lipinski definition) is 3. The molecule has 2 amide bonds. The summed E-state index contributed by atoms with van der Waals surface area (Å²) in [6.45, 7) is 2.42. The number of ether oxygens (including phenoxy) is 2. The van der Waals surface area contributed by atoms with Gasteiger partial charge in [0.15, 0.2) is 0 Å². The molecule has 1 N–H and O–H groups in total. The number of rotatable bonds is 2. The molecule has 0 bridgehead atoms. The summed E-state index contributed by atoms with van der Waals surface area (Å²) >= 11 is 3.40. The van der Waals surface area contributed by atoms with E-state index in [0.717, 1.165) is 4.47 Å². The van der Waals surface area contributed by atoms with Crippen molar-refractivity contribution in [2.24, 2.45) is 0 Å². The molecule has 0 spiro atoms. The molecular weight excluding hydrogens is 300 g/mol. The van der Waals surface area contributed by atoms with Crippen molar-refractivity contribution >= 4 is 27.6 Å². The van der Waals surface area contributed by atoms with Crippen LogP contribution in [0.4, 0.5) is 10.5 Å². The molecule has 0 aliphatic carbocycles. The first kappa shape index (κ1) is 13.2. The third-order valence-corrected chi connectivity index (χ3v) is 3.40. The van der Waals surface area contributed by atoms with Gasteiger partial charge in [0.1, 0.15) is 5.75 Å². The van der Waals surface area contributed by atoms with Gasteiger partial charge in [-0.2, -0.15) is 0 Å². The molecular formula is C12H15BrN2O3. The van der Waals surface area contributed by atoms with Crippen LogP contribution < -0.4 is 10.1 Å². The number of carbonyl (C=O) groups excluding carboxylic acids is 1. The maximum Gasteiger partial charge on any atom is 0.322 e. The lowest BCUT2D eigenvalue weighted by Gasteiger charge is -2.27. The van der Waals surface area contributed by atoms with Crippen molar-refractivity contribution in [3.8, 4) is 5.75 Å². The number of hydrogen-bond donors (Lipinski definition) is 1. The van der Waals surface area contributed by atoms with Gasteiger partial charge in [-0.05, 0) is 28.1 Å². The molecule has 1 saturated heterocycles. The smallest absolute Gasteiger partial charge is 0.322 e. The zero-order valence-electron chi connectivity index (χ0n) is 10.1. The summed E-state index contributed by atoms with van der Waals surface area (Å²) in [5.74, 6) is 0.704. The summed E-state index contributed by atoms with van der Waals surface area (Å²) in [4.78, 5) is 13.7. The number of halogens is 1. The highest BCUT2D eigenvalue weighted by Crippen LogP contribution is 2.27. The molecule has 0 unspecified atom stereocenters. The van der Waals surface area contributed by atoms with Gasteiger partial charge in [-0.25, -0.2) is 4.79 Å². The van der Waals surface area contributed by atoms with Gasteiger partial charge in [0, 0.05) is 23.6 Å². The standard InChI is InChI=1S/C12H15BrN2O3/c1-17-9-2-3-10(13)11(8-9)14-12(16)15-4-6-18-7-5-15/h2-3,8H,4-7H2,1H3,(H,14,16). The van der Waals surface area contributed by atoms with Crippen LogP contribution in [0.5, 0.6) is 5.75 Å². The second-order valence-corrected chi connectivity index (χ2v) is 4.73. The van der Waals surface area contributed by atoms with Gasteiger partial charge in [0.05, 0.1) is 26.0 Å². The molecule has 1 fully saturated rings. The van der Waals surface area contributed by atoms with Crippen LogP contribution in [0.1, 0.15) is 0 Å². The third kappa shape index (κ3) is 3.14. The van der Waals surface area contributed by atoms with Crippen LogP contribution in [0.3, 0.4) is 0 Å². The predicted octanol–water partition coefficient (Wildman–Crippen LogP) is 2.32. The van der Waals surface area contributed by atoms with Crippen molar-refractivity contribution < 1.29 is 14.3 Å². The highest BCUT2D eigenvalue weighted by Gasteiger charge is 2.17. The minimum Gasteiger partial charge on any atom is -0.497 e. The lowest BCUT2D eigenvalue weighted by Crippen LogP contribution is -2.43. The Morgan fingerprint density at radius 1 is 1.44 bits per heavy atom. The molecule has 5 nitrogen and oxygen atoms in total. The van der Waals surface area contributed by atoms with Crippen molar-refractivity contribution in [2.75, 3.05) is 38.7 Å². The van der Waals surface area contributed by atoms with Crippen LogP contribution >= 0.6 is 15.9 Å². The van der Waals surface area contributed by atoms with Crippen molar-refractivity contribution in [2.45, 2.75) is 0 Å². The van der Waals surface area contributed by atoms with Crippen LogP contribution in [0.15, 0.2) is 22.7 Å². The van der Waals surface area contributed by atoms with Gasteiger partial charge in [-0.1, -0.05) is 0 Å². The monoisotopic (exact) mass is 314 g/mol. The van der Waals surface area contributed by atoms with Gasteiger partial charge < -0.3 is 19.7 Å². The number of anilines is 1. The molecule has 6 heteroatoms. The molecule has 18 heavy (non-hydrogen) atoms. The van der Waals surface area contributed by atoms with E-state index in [9.17, 15) is 4.79 Å². The number of benzene rings is 1. The Morgan fingerprint density at radius 3 is 2.83 bits per heavy atom. The zero-order chi connectivity index (χ0) is 13.0. The molecule has 2 rings (SSSR count). The molecule has 0 atom stereocenters. The molecule has 1 aromatic rings. The summed E-state index contributed by atoms with van der Waals surface area (Å²) in [6, 6.07) is 5.33. The first-order chi connectivity index (χ1) is 8.70. The number of urea groups is 1. The number of morpholine rings is 1.